The van der Waals surface area contributed by atoms with Gasteiger partial charge in [-0.1, -0.05) is 0 Å². The Morgan fingerprint density at radius 2 is 0.538 bits per heavy atom. The molecular formula is H7Cl3O8S2. The predicted molar refractivity (Wildman–Crippen MR) is 50.1 cm³/mol. The second-order valence-corrected chi connectivity index (χ2v) is 2.69. The first-order valence-electron chi connectivity index (χ1n) is 1.40. The van der Waals surface area contributed by atoms with Crippen LogP contribution in [0.15, 0.2) is 0 Å². The molecule has 0 heterocycles. The SMILES string of the molecule is Cl.Cl.Cl.O=S(=O)(O)O.O=S(=O)(O)O. The topological polar surface area (TPSA) is 149 Å². The zero-order chi connectivity index (χ0) is 9.00. The van der Waals surface area contributed by atoms with Gasteiger partial charge < -0.3 is 0 Å². The van der Waals surface area contributed by atoms with Crippen molar-refractivity contribution < 1.29 is 35.0 Å². The minimum absolute atomic E-state index is 0. The highest BCUT2D eigenvalue weighted by molar-refractivity contribution is 7.80. The summed E-state index contributed by atoms with van der Waals surface area (Å²) in [5.74, 6) is 0. The normalized spacial score (nSPS) is 8.92. The van der Waals surface area contributed by atoms with Gasteiger partial charge in [0.1, 0.15) is 0 Å². The molecule has 0 unspecified atom stereocenters. The van der Waals surface area contributed by atoms with Gasteiger partial charge in [-0.2, -0.15) is 16.8 Å². The van der Waals surface area contributed by atoms with Gasteiger partial charge in [-0.3, -0.25) is 18.2 Å². The summed E-state index contributed by atoms with van der Waals surface area (Å²) in [6, 6.07) is 0. The van der Waals surface area contributed by atoms with E-state index in [0.29, 0.717) is 0 Å². The third-order valence-corrected chi connectivity index (χ3v) is 0. The molecule has 13 heteroatoms. The number of hydrogen-bond donors (Lipinski definition) is 4. The standard InChI is InChI=1S/3ClH.2H2O4S/c;;;2*1-5(2,3)4/h3*1H;2*(H2,1,2,3,4). The summed E-state index contributed by atoms with van der Waals surface area (Å²) in [6.07, 6.45) is 0. The first-order chi connectivity index (χ1) is 4.00. The molecule has 0 radical (unpaired) electrons. The molecule has 0 aliphatic rings. The van der Waals surface area contributed by atoms with Crippen molar-refractivity contribution in [1.82, 2.24) is 0 Å². The Balaban J connectivity index is -0.0000000267. The summed E-state index contributed by atoms with van der Waals surface area (Å²) in [7, 11) is -9.33. The van der Waals surface area contributed by atoms with Crippen LogP contribution in [0.25, 0.3) is 0 Å². The lowest BCUT2D eigenvalue weighted by molar-refractivity contribution is 0.378. The van der Waals surface area contributed by atoms with Crippen LogP contribution < -0.4 is 0 Å². The van der Waals surface area contributed by atoms with E-state index in [9.17, 15) is 0 Å². The molecule has 0 amide bonds. The van der Waals surface area contributed by atoms with Crippen LogP contribution in [-0.4, -0.2) is 35.0 Å². The molecule has 0 aromatic rings. The summed E-state index contributed by atoms with van der Waals surface area (Å²) in [4.78, 5) is 0. The Hall–Kier alpha value is 0.610. The third-order valence-electron chi connectivity index (χ3n) is 0. The molecule has 0 atom stereocenters. The highest BCUT2D eigenvalue weighted by atomic mass is 35.5. The molecule has 0 spiro atoms. The Kier molecular flexibility index (Phi) is 24.0. The average molecular weight is 306 g/mol. The predicted octanol–water partition coefficient (Wildman–Crippen LogP) is -0.0402. The number of hydrogen-bond acceptors (Lipinski definition) is 4. The van der Waals surface area contributed by atoms with Gasteiger partial charge in [0, 0.05) is 0 Å². The van der Waals surface area contributed by atoms with E-state index in [0.717, 1.165) is 0 Å². The summed E-state index contributed by atoms with van der Waals surface area (Å²) >= 11 is 0. The van der Waals surface area contributed by atoms with Crippen LogP contribution >= 0.6 is 37.2 Å². The van der Waals surface area contributed by atoms with Gasteiger partial charge in [-0.15, -0.1) is 37.2 Å². The summed E-state index contributed by atoms with van der Waals surface area (Å²) in [5, 5.41) is 0. The molecule has 0 fully saturated rings. The molecule has 0 aromatic carbocycles. The van der Waals surface area contributed by atoms with Crippen molar-refractivity contribution in [3.05, 3.63) is 0 Å². The lowest BCUT2D eigenvalue weighted by Gasteiger charge is -1.68. The van der Waals surface area contributed by atoms with Gasteiger partial charge in [0.2, 0.25) is 0 Å². The zero-order valence-electron chi connectivity index (χ0n) is 5.46. The Bertz CT molecular complexity index is 214. The van der Waals surface area contributed by atoms with Crippen LogP contribution in [0.1, 0.15) is 0 Å². The molecule has 0 saturated heterocycles. The van der Waals surface area contributed by atoms with Crippen molar-refractivity contribution in [2.45, 2.75) is 0 Å². The minimum Gasteiger partial charge on any atom is -0.264 e. The van der Waals surface area contributed by atoms with E-state index in [1.807, 2.05) is 0 Å². The Morgan fingerprint density at radius 3 is 0.538 bits per heavy atom. The second kappa shape index (κ2) is 10.7. The molecule has 4 N–H and O–H groups in total. The lowest BCUT2D eigenvalue weighted by Crippen LogP contribution is -1.89. The van der Waals surface area contributed by atoms with Gasteiger partial charge in [0.05, 0.1) is 0 Å². The van der Waals surface area contributed by atoms with E-state index < -0.39 is 20.8 Å². The molecule has 88 valence electrons. The first-order valence-corrected chi connectivity index (χ1v) is 4.19. The summed E-state index contributed by atoms with van der Waals surface area (Å²) in [6.45, 7) is 0. The van der Waals surface area contributed by atoms with Crippen molar-refractivity contribution in [1.29, 1.82) is 0 Å². The maximum atomic E-state index is 8.74. The molecule has 0 aromatic heterocycles. The van der Waals surface area contributed by atoms with Gasteiger partial charge in [-0.05, 0) is 0 Å². The first kappa shape index (κ1) is 29.2. The minimum atomic E-state index is -4.67. The maximum absolute atomic E-state index is 8.74. The highest BCUT2D eigenvalue weighted by Crippen LogP contribution is 1.59. The summed E-state index contributed by atoms with van der Waals surface area (Å²) < 4.78 is 63.2. The van der Waals surface area contributed by atoms with Crippen molar-refractivity contribution in [3.8, 4) is 0 Å². The van der Waals surface area contributed by atoms with Crippen LogP contribution in [0, 0.1) is 0 Å². The van der Waals surface area contributed by atoms with Gasteiger partial charge in [0.15, 0.2) is 0 Å². The monoisotopic (exact) mass is 304 g/mol. The van der Waals surface area contributed by atoms with Crippen LogP contribution in [0.4, 0.5) is 0 Å². The molecule has 0 aliphatic heterocycles. The van der Waals surface area contributed by atoms with Gasteiger partial charge in [0.25, 0.3) is 0 Å². The van der Waals surface area contributed by atoms with Gasteiger partial charge in [-0.25, -0.2) is 0 Å². The highest BCUT2D eigenvalue weighted by Gasteiger charge is 1.85. The largest absolute Gasteiger partial charge is 0.394 e. The van der Waals surface area contributed by atoms with Crippen molar-refractivity contribution >= 4 is 58.0 Å². The maximum Gasteiger partial charge on any atom is 0.394 e. The quantitative estimate of drug-likeness (QED) is 0.455. The van der Waals surface area contributed by atoms with E-state index in [1.54, 1.807) is 0 Å². The van der Waals surface area contributed by atoms with Crippen LogP contribution in [-0.2, 0) is 20.8 Å². The number of halogens is 3. The molecule has 0 saturated carbocycles. The molecule has 8 nitrogen and oxygen atoms in total. The average Bonchev–Trinajstić information content (AvgIpc) is 1.12. The molecule has 0 bridgehead atoms. The van der Waals surface area contributed by atoms with E-state index in [4.69, 9.17) is 35.0 Å². The van der Waals surface area contributed by atoms with Crippen LogP contribution in [0.5, 0.6) is 0 Å². The van der Waals surface area contributed by atoms with E-state index in [-0.39, 0.29) is 37.2 Å². The fourth-order valence-electron chi connectivity index (χ4n) is 0. The smallest absolute Gasteiger partial charge is 0.264 e. The van der Waals surface area contributed by atoms with Gasteiger partial charge >= 0.3 is 20.8 Å². The second-order valence-electron chi connectivity index (χ2n) is 0.896. The Morgan fingerprint density at radius 1 is 0.538 bits per heavy atom. The molecule has 0 rings (SSSR count). The van der Waals surface area contributed by atoms with Crippen LogP contribution in [0.3, 0.4) is 0 Å². The van der Waals surface area contributed by atoms with E-state index >= 15 is 0 Å². The van der Waals surface area contributed by atoms with E-state index in [1.165, 1.54) is 0 Å². The van der Waals surface area contributed by atoms with Crippen molar-refractivity contribution in [3.63, 3.8) is 0 Å². The summed E-state index contributed by atoms with van der Waals surface area (Å²) in [5.41, 5.74) is 0. The van der Waals surface area contributed by atoms with E-state index in [2.05, 4.69) is 0 Å². The fourth-order valence-corrected chi connectivity index (χ4v) is 0. The fraction of sp³-hybridized carbons (Fsp3) is 0. The third kappa shape index (κ3) is 3810. The molecule has 13 heavy (non-hydrogen) atoms. The zero-order valence-corrected chi connectivity index (χ0v) is 9.55. The van der Waals surface area contributed by atoms with Crippen molar-refractivity contribution in [2.24, 2.45) is 0 Å². The molecule has 0 aliphatic carbocycles. The van der Waals surface area contributed by atoms with Crippen LogP contribution in [0.2, 0.25) is 0 Å². The Labute approximate surface area is 93.1 Å². The van der Waals surface area contributed by atoms with Crippen molar-refractivity contribution in [2.75, 3.05) is 0 Å². The lowest BCUT2D eigenvalue weighted by atomic mass is 15.8. The molecular weight excluding hydrogens is 298 g/mol. The number of rotatable bonds is 0.